The van der Waals surface area contributed by atoms with Crippen molar-refractivity contribution in [2.24, 2.45) is 0 Å². The predicted octanol–water partition coefficient (Wildman–Crippen LogP) is 1.07. The molecular formula is C7H10NO2-. The van der Waals surface area contributed by atoms with E-state index >= 15 is 0 Å². The summed E-state index contributed by atoms with van der Waals surface area (Å²) >= 11 is 0. The number of amides is 1. The van der Waals surface area contributed by atoms with Crippen LogP contribution in [0.1, 0.15) is 6.92 Å². The molecule has 0 N–H and O–H groups in total. The molecule has 0 radical (unpaired) electrons. The fourth-order valence-electron chi connectivity index (χ4n) is 0.413. The molecule has 0 unspecified atom stereocenters. The lowest BCUT2D eigenvalue weighted by atomic mass is 10.3. The molecule has 3 nitrogen and oxygen atoms in total. The molecule has 0 aliphatic heterocycles. The summed E-state index contributed by atoms with van der Waals surface area (Å²) < 4.78 is 0. The normalized spacial score (nSPS) is 8.60. The first-order valence-corrected chi connectivity index (χ1v) is 2.85. The lowest BCUT2D eigenvalue weighted by Crippen LogP contribution is -2.24. The lowest BCUT2D eigenvalue weighted by Gasteiger charge is -2.26. The molecule has 0 atom stereocenters. The Kier molecular flexibility index (Phi) is 3.43. The molecule has 0 aromatic rings. The Morgan fingerprint density at radius 1 is 1.80 bits per heavy atom. The minimum atomic E-state index is -0.583. The molecule has 0 heterocycles. The minimum absolute atomic E-state index is 0.0195. The van der Waals surface area contributed by atoms with Crippen LogP contribution < -0.4 is 0 Å². The quantitative estimate of drug-likeness (QED) is 0.334. The third-order valence-corrected chi connectivity index (χ3v) is 0.887. The fourth-order valence-corrected chi connectivity index (χ4v) is 0.413. The first kappa shape index (κ1) is 8.91. The maximum Gasteiger partial charge on any atom is 0.238 e. The summed E-state index contributed by atoms with van der Waals surface area (Å²) in [6, 6.07) is 0. The molecule has 0 bridgehead atoms. The summed E-state index contributed by atoms with van der Waals surface area (Å²) in [5.74, 6) is -0.583. The maximum atomic E-state index is 10.7. The summed E-state index contributed by atoms with van der Waals surface area (Å²) in [4.78, 5) is 10.7. The molecule has 0 saturated heterocycles. The Labute approximate surface area is 60.2 Å². The number of hydrogen-bond donors (Lipinski definition) is 0. The summed E-state index contributed by atoms with van der Waals surface area (Å²) in [5, 5.41) is 10.9. The van der Waals surface area contributed by atoms with Gasteiger partial charge in [0.2, 0.25) is 5.91 Å². The van der Waals surface area contributed by atoms with E-state index in [1.807, 2.05) is 0 Å². The lowest BCUT2D eigenvalue weighted by molar-refractivity contribution is -0.124. The molecule has 10 heavy (non-hydrogen) atoms. The van der Waals surface area contributed by atoms with E-state index in [1.165, 1.54) is 13.0 Å². The topological polar surface area (TPSA) is 43.4 Å². The Morgan fingerprint density at radius 2 is 2.30 bits per heavy atom. The second-order valence-corrected chi connectivity index (χ2v) is 1.94. The van der Waals surface area contributed by atoms with Gasteiger partial charge in [0.05, 0.1) is 0 Å². The predicted molar refractivity (Wildman–Crippen MR) is 40.1 cm³/mol. The van der Waals surface area contributed by atoms with E-state index < -0.39 is 5.91 Å². The molecule has 56 valence electrons. The van der Waals surface area contributed by atoms with Crippen molar-refractivity contribution in [3.63, 3.8) is 0 Å². The molecule has 0 aliphatic carbocycles. The first-order chi connectivity index (χ1) is 4.59. The molecule has 0 aliphatic rings. The van der Waals surface area contributed by atoms with Crippen LogP contribution in [0.4, 0.5) is 0 Å². The van der Waals surface area contributed by atoms with Crippen LogP contribution in [0.2, 0.25) is 0 Å². The highest BCUT2D eigenvalue weighted by Gasteiger charge is 2.00. The van der Waals surface area contributed by atoms with Gasteiger partial charge in [-0.2, -0.15) is 0 Å². The Balaban J connectivity index is 3.94. The Morgan fingerprint density at radius 3 is 2.60 bits per heavy atom. The molecule has 1 amide bonds. The molecule has 0 fully saturated rings. The third kappa shape index (κ3) is 2.46. The highest BCUT2D eigenvalue weighted by atomic mass is 16.5. The van der Waals surface area contributed by atoms with Crippen molar-refractivity contribution in [2.45, 2.75) is 6.92 Å². The van der Waals surface area contributed by atoms with Crippen molar-refractivity contribution in [3.8, 4) is 0 Å². The van der Waals surface area contributed by atoms with Gasteiger partial charge in [-0.15, -0.1) is 6.58 Å². The number of hydroxylamine groups is 2. The summed E-state index contributed by atoms with van der Waals surface area (Å²) in [6.45, 7) is 8.17. The fraction of sp³-hybridized carbons (Fsp3) is 0.286. The smallest absolute Gasteiger partial charge is 0.238 e. The van der Waals surface area contributed by atoms with E-state index in [9.17, 15) is 10.0 Å². The van der Waals surface area contributed by atoms with Crippen molar-refractivity contribution in [1.29, 1.82) is 0 Å². The van der Waals surface area contributed by atoms with Gasteiger partial charge in [0.25, 0.3) is 0 Å². The van der Waals surface area contributed by atoms with Gasteiger partial charge < -0.3 is 10.3 Å². The molecular weight excluding hydrogens is 130 g/mol. The van der Waals surface area contributed by atoms with Crippen molar-refractivity contribution in [2.75, 3.05) is 6.54 Å². The summed E-state index contributed by atoms with van der Waals surface area (Å²) in [6.07, 6.45) is 1.37. The molecule has 0 aromatic heterocycles. The second kappa shape index (κ2) is 3.85. The van der Waals surface area contributed by atoms with Gasteiger partial charge in [-0.05, 0) is 6.92 Å². The van der Waals surface area contributed by atoms with Crippen molar-refractivity contribution < 1.29 is 4.79 Å². The van der Waals surface area contributed by atoms with Crippen LogP contribution in [0.3, 0.4) is 0 Å². The zero-order valence-electron chi connectivity index (χ0n) is 5.96. The van der Waals surface area contributed by atoms with Crippen LogP contribution in [-0.4, -0.2) is 17.5 Å². The van der Waals surface area contributed by atoms with Crippen LogP contribution in [-0.2, 0) is 4.79 Å². The zero-order chi connectivity index (χ0) is 8.15. The highest BCUT2D eigenvalue weighted by molar-refractivity contribution is 5.92. The van der Waals surface area contributed by atoms with Gasteiger partial charge in [-0.3, -0.25) is 4.79 Å². The second-order valence-electron chi connectivity index (χ2n) is 1.94. The van der Waals surface area contributed by atoms with E-state index in [0.717, 1.165) is 0 Å². The molecule has 0 spiro atoms. The maximum absolute atomic E-state index is 10.7. The SMILES string of the molecule is C=CCN([O-])C(=O)C(=C)C. The van der Waals surface area contributed by atoms with Gasteiger partial charge in [-0.1, -0.05) is 12.7 Å². The van der Waals surface area contributed by atoms with Crippen LogP contribution >= 0.6 is 0 Å². The van der Waals surface area contributed by atoms with Crippen LogP contribution in [0, 0.1) is 5.21 Å². The van der Waals surface area contributed by atoms with Crippen molar-refractivity contribution in [1.82, 2.24) is 5.06 Å². The average Bonchev–Trinajstić information content (AvgIpc) is 1.87. The van der Waals surface area contributed by atoms with Gasteiger partial charge in [-0.25, -0.2) is 0 Å². The third-order valence-electron chi connectivity index (χ3n) is 0.887. The van der Waals surface area contributed by atoms with Crippen LogP contribution in [0.5, 0.6) is 0 Å². The monoisotopic (exact) mass is 140 g/mol. The number of hydrogen-bond acceptors (Lipinski definition) is 2. The van der Waals surface area contributed by atoms with Crippen LogP contribution in [0.25, 0.3) is 0 Å². The summed E-state index contributed by atoms with van der Waals surface area (Å²) in [5.41, 5.74) is 0.247. The Hall–Kier alpha value is -1.09. The van der Waals surface area contributed by atoms with E-state index in [1.54, 1.807) is 0 Å². The molecule has 0 rings (SSSR count). The minimum Gasteiger partial charge on any atom is -0.756 e. The highest BCUT2D eigenvalue weighted by Crippen LogP contribution is 1.95. The van der Waals surface area contributed by atoms with Crippen molar-refractivity contribution in [3.05, 3.63) is 30.0 Å². The van der Waals surface area contributed by atoms with Gasteiger partial charge in [0, 0.05) is 12.1 Å². The average molecular weight is 140 g/mol. The molecule has 0 aromatic carbocycles. The van der Waals surface area contributed by atoms with Crippen molar-refractivity contribution >= 4 is 5.91 Å². The van der Waals surface area contributed by atoms with Gasteiger partial charge in [0.15, 0.2) is 0 Å². The zero-order valence-corrected chi connectivity index (χ0v) is 5.96. The van der Waals surface area contributed by atoms with E-state index in [0.29, 0.717) is 5.06 Å². The largest absolute Gasteiger partial charge is 0.756 e. The Bertz CT molecular complexity index is 163. The number of carbonyl (C=O) groups is 1. The molecule has 0 saturated carbocycles. The number of rotatable bonds is 3. The molecule has 3 heteroatoms. The summed E-state index contributed by atoms with van der Waals surface area (Å²) in [7, 11) is 0. The van der Waals surface area contributed by atoms with Gasteiger partial charge in [0.1, 0.15) is 0 Å². The standard InChI is InChI=1S/C7H10NO2/c1-4-5-8(10)7(9)6(2)3/h4H,1-2,5H2,3H3/q-1. The van der Waals surface area contributed by atoms with Gasteiger partial charge >= 0.3 is 0 Å². The van der Waals surface area contributed by atoms with E-state index in [-0.39, 0.29) is 12.1 Å². The first-order valence-electron chi connectivity index (χ1n) is 2.85. The number of nitrogens with zero attached hydrogens (tertiary/aromatic N) is 1. The van der Waals surface area contributed by atoms with E-state index in [4.69, 9.17) is 0 Å². The van der Waals surface area contributed by atoms with Crippen LogP contribution in [0.15, 0.2) is 24.8 Å². The number of carbonyl (C=O) groups excluding carboxylic acids is 1. The van der Waals surface area contributed by atoms with E-state index in [2.05, 4.69) is 13.2 Å².